The van der Waals surface area contributed by atoms with Gasteiger partial charge in [-0.25, -0.2) is 0 Å². The summed E-state index contributed by atoms with van der Waals surface area (Å²) in [5.41, 5.74) is 6.36. The Kier molecular flexibility index (Phi) is 4.05. The van der Waals surface area contributed by atoms with Gasteiger partial charge in [0.25, 0.3) is 0 Å². The maximum Gasteiger partial charge on any atom is 0.137 e. The molecule has 5 aromatic carbocycles. The minimum atomic E-state index is 0.892. The van der Waals surface area contributed by atoms with Crippen molar-refractivity contribution >= 4 is 64.8 Å². The van der Waals surface area contributed by atoms with Crippen molar-refractivity contribution in [3.05, 3.63) is 109 Å². The molecule has 0 amide bonds. The van der Waals surface area contributed by atoms with E-state index in [-0.39, 0.29) is 0 Å². The second-order valence-corrected chi connectivity index (χ2v) is 9.32. The van der Waals surface area contributed by atoms with Gasteiger partial charge in [-0.2, -0.15) is 0 Å². The van der Waals surface area contributed by atoms with E-state index < -0.39 is 0 Å². The minimum Gasteiger partial charge on any atom is -0.456 e. The van der Waals surface area contributed by atoms with E-state index in [0.29, 0.717) is 0 Å². The van der Waals surface area contributed by atoms with E-state index >= 15 is 0 Å². The third-order valence-corrected chi connectivity index (χ3v) is 7.50. The molecule has 7 aromatic rings. The maximum atomic E-state index is 6.22. The van der Waals surface area contributed by atoms with Crippen LogP contribution < -0.4 is 5.32 Å². The number of nitrogens with one attached hydrogen (secondary N) is 1. The van der Waals surface area contributed by atoms with Crippen LogP contribution in [0, 0.1) is 0 Å². The maximum absolute atomic E-state index is 6.22. The molecule has 0 aliphatic heterocycles. The van der Waals surface area contributed by atoms with Gasteiger partial charge < -0.3 is 9.73 Å². The fourth-order valence-corrected chi connectivity index (χ4v) is 5.90. The SMILES string of the molecule is c1ccc(-c2ccc3oc4cccc(Nc5cccc6c5sc5ccccc56)c4c3c2)cc1. The van der Waals surface area contributed by atoms with Gasteiger partial charge in [-0.1, -0.05) is 72.8 Å². The van der Waals surface area contributed by atoms with Crippen molar-refractivity contribution in [2.45, 2.75) is 0 Å². The molecular formula is C30H19NOS. The van der Waals surface area contributed by atoms with E-state index in [0.717, 1.165) is 33.3 Å². The van der Waals surface area contributed by atoms with Gasteiger partial charge >= 0.3 is 0 Å². The summed E-state index contributed by atoms with van der Waals surface area (Å²) in [6, 6.07) is 38.3. The lowest BCUT2D eigenvalue weighted by atomic mass is 10.0. The summed E-state index contributed by atoms with van der Waals surface area (Å²) in [5, 5.41) is 8.57. The van der Waals surface area contributed by atoms with Crippen molar-refractivity contribution in [3.8, 4) is 11.1 Å². The summed E-state index contributed by atoms with van der Waals surface area (Å²) in [5.74, 6) is 0. The van der Waals surface area contributed by atoms with E-state index in [4.69, 9.17) is 4.42 Å². The summed E-state index contributed by atoms with van der Waals surface area (Å²) in [7, 11) is 0. The fourth-order valence-electron chi connectivity index (χ4n) is 4.73. The zero-order valence-electron chi connectivity index (χ0n) is 17.7. The lowest BCUT2D eigenvalue weighted by Crippen LogP contribution is -1.91. The Bertz CT molecular complexity index is 1790. The second kappa shape index (κ2) is 7.22. The third-order valence-electron chi connectivity index (χ3n) is 6.28. The summed E-state index contributed by atoms with van der Waals surface area (Å²) < 4.78 is 8.80. The molecule has 2 nitrogen and oxygen atoms in total. The van der Waals surface area contributed by atoms with Crippen LogP contribution in [0.1, 0.15) is 0 Å². The molecule has 156 valence electrons. The monoisotopic (exact) mass is 441 g/mol. The zero-order chi connectivity index (χ0) is 21.8. The summed E-state index contributed by atoms with van der Waals surface area (Å²) in [6.45, 7) is 0. The van der Waals surface area contributed by atoms with Crippen LogP contribution in [0.15, 0.2) is 114 Å². The molecule has 0 aliphatic rings. The highest BCUT2D eigenvalue weighted by Crippen LogP contribution is 2.41. The van der Waals surface area contributed by atoms with Crippen LogP contribution in [0.5, 0.6) is 0 Å². The summed E-state index contributed by atoms with van der Waals surface area (Å²) in [4.78, 5) is 0. The zero-order valence-corrected chi connectivity index (χ0v) is 18.5. The quantitative estimate of drug-likeness (QED) is 0.295. The molecule has 0 bridgehead atoms. The molecule has 0 aliphatic carbocycles. The highest BCUT2D eigenvalue weighted by molar-refractivity contribution is 7.26. The Morgan fingerprint density at radius 2 is 1.33 bits per heavy atom. The smallest absolute Gasteiger partial charge is 0.137 e. The Labute approximate surface area is 194 Å². The molecule has 0 radical (unpaired) electrons. The topological polar surface area (TPSA) is 25.2 Å². The van der Waals surface area contributed by atoms with Crippen molar-refractivity contribution in [2.75, 3.05) is 5.32 Å². The first-order valence-corrected chi connectivity index (χ1v) is 11.8. The standard InChI is InChI=1S/C30H19NOS/c1-2-8-19(9-3-1)20-16-17-26-23(18-20)29-24(12-7-14-27(29)32-26)31-25-13-6-11-22-21-10-4-5-15-28(21)33-30(22)25/h1-18,31H. The van der Waals surface area contributed by atoms with Gasteiger partial charge in [0.2, 0.25) is 0 Å². The second-order valence-electron chi connectivity index (χ2n) is 8.26. The normalized spacial score (nSPS) is 11.6. The number of anilines is 2. The van der Waals surface area contributed by atoms with Crippen LogP contribution in [0.3, 0.4) is 0 Å². The molecule has 2 aromatic heterocycles. The van der Waals surface area contributed by atoms with E-state index in [1.165, 1.54) is 31.3 Å². The van der Waals surface area contributed by atoms with Crippen LogP contribution >= 0.6 is 11.3 Å². The Morgan fingerprint density at radius 3 is 2.27 bits per heavy atom. The van der Waals surface area contributed by atoms with Gasteiger partial charge in [-0.3, -0.25) is 0 Å². The van der Waals surface area contributed by atoms with Gasteiger partial charge in [-0.15, -0.1) is 11.3 Å². The molecule has 0 atom stereocenters. The molecule has 0 spiro atoms. The van der Waals surface area contributed by atoms with E-state index in [2.05, 4.69) is 102 Å². The number of benzene rings is 5. The van der Waals surface area contributed by atoms with Crippen LogP contribution in [-0.4, -0.2) is 0 Å². The van der Waals surface area contributed by atoms with Crippen LogP contribution in [-0.2, 0) is 0 Å². The van der Waals surface area contributed by atoms with Crippen LogP contribution in [0.2, 0.25) is 0 Å². The van der Waals surface area contributed by atoms with Crippen molar-refractivity contribution in [2.24, 2.45) is 0 Å². The van der Waals surface area contributed by atoms with Gasteiger partial charge in [0.15, 0.2) is 0 Å². The molecule has 2 heterocycles. The summed E-state index contributed by atoms with van der Waals surface area (Å²) >= 11 is 1.83. The average molecular weight is 442 g/mol. The predicted octanol–water partition coefficient (Wildman–Crippen LogP) is 9.36. The molecule has 0 unspecified atom stereocenters. The first kappa shape index (κ1) is 18.5. The van der Waals surface area contributed by atoms with E-state index in [9.17, 15) is 0 Å². The van der Waals surface area contributed by atoms with Gasteiger partial charge in [0.1, 0.15) is 11.2 Å². The molecule has 0 saturated carbocycles. The minimum absolute atomic E-state index is 0.892. The lowest BCUT2D eigenvalue weighted by molar-refractivity contribution is 0.669. The molecular weight excluding hydrogens is 422 g/mol. The van der Waals surface area contributed by atoms with Crippen molar-refractivity contribution < 1.29 is 4.42 Å². The van der Waals surface area contributed by atoms with Crippen LogP contribution in [0.25, 0.3) is 53.2 Å². The number of hydrogen-bond donors (Lipinski definition) is 1. The molecule has 1 N–H and O–H groups in total. The number of hydrogen-bond acceptors (Lipinski definition) is 3. The number of thiophene rings is 1. The highest BCUT2D eigenvalue weighted by atomic mass is 32.1. The van der Waals surface area contributed by atoms with Crippen molar-refractivity contribution in [3.63, 3.8) is 0 Å². The molecule has 3 heteroatoms. The van der Waals surface area contributed by atoms with Crippen LogP contribution in [0.4, 0.5) is 11.4 Å². The van der Waals surface area contributed by atoms with Crippen molar-refractivity contribution in [1.82, 2.24) is 0 Å². The molecule has 33 heavy (non-hydrogen) atoms. The van der Waals surface area contributed by atoms with Gasteiger partial charge in [0.05, 0.1) is 21.5 Å². The molecule has 7 rings (SSSR count). The number of furan rings is 1. The molecule has 0 saturated heterocycles. The predicted molar refractivity (Wildman–Crippen MR) is 142 cm³/mol. The largest absolute Gasteiger partial charge is 0.456 e. The first-order valence-electron chi connectivity index (χ1n) is 11.0. The van der Waals surface area contributed by atoms with E-state index in [1.54, 1.807) is 0 Å². The first-order chi connectivity index (χ1) is 16.3. The Balaban J connectivity index is 1.42. The summed E-state index contributed by atoms with van der Waals surface area (Å²) in [6.07, 6.45) is 0. The Morgan fingerprint density at radius 1 is 0.545 bits per heavy atom. The molecule has 0 fully saturated rings. The lowest BCUT2D eigenvalue weighted by Gasteiger charge is -2.09. The van der Waals surface area contributed by atoms with Gasteiger partial charge in [0, 0.05) is 20.9 Å². The van der Waals surface area contributed by atoms with Gasteiger partial charge in [-0.05, 0) is 47.5 Å². The fraction of sp³-hybridized carbons (Fsp3) is 0. The van der Waals surface area contributed by atoms with Crippen molar-refractivity contribution in [1.29, 1.82) is 0 Å². The average Bonchev–Trinajstić information content (AvgIpc) is 3.44. The number of rotatable bonds is 3. The Hall–Kier alpha value is -4.08. The third kappa shape index (κ3) is 2.94. The van der Waals surface area contributed by atoms with E-state index in [1.807, 2.05) is 23.5 Å². The number of fused-ring (bicyclic) bond motifs is 6. The highest BCUT2D eigenvalue weighted by Gasteiger charge is 2.14.